The van der Waals surface area contributed by atoms with Gasteiger partial charge in [-0.3, -0.25) is 9.18 Å². The Morgan fingerprint density at radius 2 is 2.28 bits per heavy atom. The lowest BCUT2D eigenvalue weighted by Gasteiger charge is -2.14. The Balaban J connectivity index is 2.37. The highest BCUT2D eigenvalue weighted by atomic mass is 19.1. The molecular formula is C13H12FNO3. The Morgan fingerprint density at radius 3 is 2.94 bits per heavy atom. The highest BCUT2D eigenvalue weighted by Gasteiger charge is 2.21. The molecule has 0 aliphatic carbocycles. The van der Waals surface area contributed by atoms with E-state index in [2.05, 4.69) is 9.73 Å². The second-order valence-corrected chi connectivity index (χ2v) is 3.93. The fourth-order valence-corrected chi connectivity index (χ4v) is 1.85. The molecule has 0 saturated heterocycles. The first-order chi connectivity index (χ1) is 8.65. The van der Waals surface area contributed by atoms with E-state index in [1.807, 2.05) is 0 Å². The number of Topliss-reactive ketones (excluding diaryl/α,β-unsaturated/α-hetero) is 1. The third kappa shape index (κ3) is 2.30. The molecule has 1 aliphatic heterocycles. The Hall–Kier alpha value is -2.04. The third-order valence-electron chi connectivity index (χ3n) is 2.76. The predicted octanol–water partition coefficient (Wildman–Crippen LogP) is 2.03. The summed E-state index contributed by atoms with van der Waals surface area (Å²) in [6, 6.07) is 4.82. The number of alkyl halides is 1. The maximum absolute atomic E-state index is 12.2. The van der Waals surface area contributed by atoms with Crippen LogP contribution in [0.4, 0.5) is 10.1 Å². The molecule has 0 saturated carbocycles. The van der Waals surface area contributed by atoms with Crippen LogP contribution < -0.4 is 0 Å². The number of fused-ring (bicyclic) bond motifs is 1. The molecule has 2 rings (SSSR count). The van der Waals surface area contributed by atoms with Gasteiger partial charge in [-0.1, -0.05) is 0 Å². The van der Waals surface area contributed by atoms with Crippen LogP contribution >= 0.6 is 0 Å². The average Bonchev–Trinajstić information content (AvgIpc) is 2.38. The van der Waals surface area contributed by atoms with Crippen molar-refractivity contribution in [2.45, 2.75) is 12.8 Å². The molecular weight excluding hydrogens is 237 g/mol. The van der Waals surface area contributed by atoms with Gasteiger partial charge in [-0.25, -0.2) is 9.79 Å². The normalized spacial score (nSPS) is 13.9. The number of aliphatic imine (C=N–C) groups is 1. The third-order valence-corrected chi connectivity index (χ3v) is 2.76. The summed E-state index contributed by atoms with van der Waals surface area (Å²) in [5.41, 5.74) is 1.93. The molecule has 1 heterocycles. The largest absolute Gasteiger partial charge is 0.465 e. The van der Waals surface area contributed by atoms with Crippen molar-refractivity contribution >= 4 is 23.2 Å². The molecule has 0 unspecified atom stereocenters. The summed E-state index contributed by atoms with van der Waals surface area (Å²) in [6.45, 7) is -0.597. The van der Waals surface area contributed by atoms with E-state index in [-0.39, 0.29) is 24.3 Å². The molecule has 5 heteroatoms. The van der Waals surface area contributed by atoms with E-state index in [0.29, 0.717) is 16.8 Å². The number of ether oxygens (including phenoxy) is 1. The van der Waals surface area contributed by atoms with Gasteiger partial charge >= 0.3 is 5.97 Å². The molecule has 18 heavy (non-hydrogen) atoms. The molecule has 0 N–H and O–H groups in total. The molecule has 0 radical (unpaired) electrons. The standard InChI is InChI=1S/C13H12FNO3/c1-18-13(17)8-2-3-10-9(6-8)7-12(16)11(15-10)4-5-14/h2-3,6H,4-5,7H2,1H3. The lowest BCUT2D eigenvalue weighted by molar-refractivity contribution is -0.112. The number of halogens is 1. The summed E-state index contributed by atoms with van der Waals surface area (Å²) >= 11 is 0. The lowest BCUT2D eigenvalue weighted by Crippen LogP contribution is -2.21. The minimum atomic E-state index is -0.597. The van der Waals surface area contributed by atoms with Crippen LogP contribution in [0.1, 0.15) is 22.3 Å². The van der Waals surface area contributed by atoms with Crippen molar-refractivity contribution < 1.29 is 18.7 Å². The van der Waals surface area contributed by atoms with Crippen molar-refractivity contribution in [2.75, 3.05) is 13.8 Å². The summed E-state index contributed by atoms with van der Waals surface area (Å²) in [6.07, 6.45) is 0.191. The van der Waals surface area contributed by atoms with Crippen molar-refractivity contribution in [3.8, 4) is 0 Å². The maximum atomic E-state index is 12.2. The smallest absolute Gasteiger partial charge is 0.337 e. The number of methoxy groups -OCH3 is 1. The van der Waals surface area contributed by atoms with Gasteiger partial charge in [-0.2, -0.15) is 0 Å². The van der Waals surface area contributed by atoms with Crippen LogP contribution in [-0.4, -0.2) is 31.2 Å². The van der Waals surface area contributed by atoms with Crippen molar-refractivity contribution in [3.63, 3.8) is 0 Å². The van der Waals surface area contributed by atoms with Gasteiger partial charge < -0.3 is 4.74 Å². The van der Waals surface area contributed by atoms with Gasteiger partial charge in [0.1, 0.15) is 0 Å². The first-order valence-electron chi connectivity index (χ1n) is 5.53. The van der Waals surface area contributed by atoms with Crippen LogP contribution in [0, 0.1) is 0 Å². The van der Waals surface area contributed by atoms with E-state index < -0.39 is 12.6 Å². The number of rotatable bonds is 3. The average molecular weight is 249 g/mol. The van der Waals surface area contributed by atoms with E-state index in [1.165, 1.54) is 7.11 Å². The molecule has 0 amide bonds. The highest BCUT2D eigenvalue weighted by Crippen LogP contribution is 2.26. The zero-order valence-corrected chi connectivity index (χ0v) is 9.90. The van der Waals surface area contributed by atoms with Crippen LogP contribution in [0.5, 0.6) is 0 Å². The maximum Gasteiger partial charge on any atom is 0.337 e. The fourth-order valence-electron chi connectivity index (χ4n) is 1.85. The predicted molar refractivity (Wildman–Crippen MR) is 64.2 cm³/mol. The Morgan fingerprint density at radius 1 is 1.50 bits per heavy atom. The second-order valence-electron chi connectivity index (χ2n) is 3.93. The molecule has 0 bridgehead atoms. The Labute approximate surface area is 103 Å². The molecule has 1 aliphatic rings. The van der Waals surface area contributed by atoms with Gasteiger partial charge in [-0.15, -0.1) is 0 Å². The van der Waals surface area contributed by atoms with E-state index in [1.54, 1.807) is 18.2 Å². The molecule has 94 valence electrons. The molecule has 4 nitrogen and oxygen atoms in total. The summed E-state index contributed by atoms with van der Waals surface area (Å²) in [5.74, 6) is -0.647. The number of benzene rings is 1. The number of carbonyl (C=O) groups excluding carboxylic acids is 2. The van der Waals surface area contributed by atoms with Crippen molar-refractivity contribution in [1.82, 2.24) is 0 Å². The van der Waals surface area contributed by atoms with Crippen molar-refractivity contribution in [3.05, 3.63) is 29.3 Å². The Kier molecular flexibility index (Phi) is 3.50. The number of nitrogens with zero attached hydrogens (tertiary/aromatic N) is 1. The highest BCUT2D eigenvalue weighted by molar-refractivity contribution is 6.41. The fraction of sp³-hybridized carbons (Fsp3) is 0.308. The van der Waals surface area contributed by atoms with E-state index in [0.717, 1.165) is 0 Å². The quantitative estimate of drug-likeness (QED) is 0.770. The molecule has 1 aromatic rings. The zero-order valence-electron chi connectivity index (χ0n) is 9.90. The number of ketones is 1. The van der Waals surface area contributed by atoms with Gasteiger partial charge in [0.2, 0.25) is 0 Å². The van der Waals surface area contributed by atoms with E-state index >= 15 is 0 Å². The molecule has 0 fully saturated rings. The number of esters is 1. The van der Waals surface area contributed by atoms with Crippen LogP contribution in [0.25, 0.3) is 0 Å². The monoisotopic (exact) mass is 249 g/mol. The zero-order chi connectivity index (χ0) is 13.1. The van der Waals surface area contributed by atoms with E-state index in [9.17, 15) is 14.0 Å². The number of carbonyl (C=O) groups is 2. The Bertz CT molecular complexity index is 537. The van der Waals surface area contributed by atoms with Gasteiger partial charge in [-0.05, 0) is 23.8 Å². The first kappa shape index (κ1) is 12.4. The number of hydrogen-bond donors (Lipinski definition) is 0. The minimum Gasteiger partial charge on any atom is -0.465 e. The topological polar surface area (TPSA) is 55.7 Å². The molecule has 1 aromatic carbocycles. The summed E-state index contributed by atoms with van der Waals surface area (Å²) in [7, 11) is 1.30. The van der Waals surface area contributed by atoms with Crippen LogP contribution in [0.3, 0.4) is 0 Å². The van der Waals surface area contributed by atoms with Gasteiger partial charge in [0, 0.05) is 12.8 Å². The molecule has 0 spiro atoms. The lowest BCUT2D eigenvalue weighted by atomic mass is 9.97. The van der Waals surface area contributed by atoms with Crippen LogP contribution in [-0.2, 0) is 16.0 Å². The second kappa shape index (κ2) is 5.08. The summed E-state index contributed by atoms with van der Waals surface area (Å²) in [4.78, 5) is 27.2. The van der Waals surface area contributed by atoms with Gasteiger partial charge in [0.15, 0.2) is 5.78 Å². The number of hydrogen-bond acceptors (Lipinski definition) is 4. The first-order valence-corrected chi connectivity index (χ1v) is 5.53. The van der Waals surface area contributed by atoms with E-state index in [4.69, 9.17) is 0 Å². The van der Waals surface area contributed by atoms with Crippen molar-refractivity contribution in [1.29, 1.82) is 0 Å². The summed E-state index contributed by atoms with van der Waals surface area (Å²) < 4.78 is 16.9. The molecule has 0 atom stereocenters. The minimum absolute atomic E-state index is 0.0387. The van der Waals surface area contributed by atoms with Crippen molar-refractivity contribution in [2.24, 2.45) is 4.99 Å². The molecule has 0 aromatic heterocycles. The van der Waals surface area contributed by atoms with Crippen LogP contribution in [0.2, 0.25) is 0 Å². The van der Waals surface area contributed by atoms with Gasteiger partial charge in [0.25, 0.3) is 0 Å². The van der Waals surface area contributed by atoms with Gasteiger partial charge in [0.05, 0.1) is 30.7 Å². The SMILES string of the molecule is COC(=O)c1ccc2c(c1)CC(=O)C(CCF)=N2. The summed E-state index contributed by atoms with van der Waals surface area (Å²) in [5, 5.41) is 0. The van der Waals surface area contributed by atoms with Crippen LogP contribution in [0.15, 0.2) is 23.2 Å².